The lowest BCUT2D eigenvalue weighted by Crippen LogP contribution is -2.44. The molecule has 5 rings (SSSR count). The number of nitriles is 1. The van der Waals surface area contributed by atoms with Gasteiger partial charge in [-0.05, 0) is 78.0 Å². The van der Waals surface area contributed by atoms with Crippen LogP contribution >= 0.6 is 11.8 Å². The van der Waals surface area contributed by atoms with E-state index in [0.29, 0.717) is 11.0 Å². The van der Waals surface area contributed by atoms with Crippen LogP contribution in [0.5, 0.6) is 0 Å². The number of aliphatic imine (C=N–C) groups is 1. The zero-order valence-electron chi connectivity index (χ0n) is 16.8. The topological polar surface area (TPSA) is 62.2 Å². The quantitative estimate of drug-likeness (QED) is 0.660. The minimum absolute atomic E-state index is 0.177. The van der Waals surface area contributed by atoms with Crippen molar-refractivity contribution in [2.45, 2.75) is 56.9 Å². The molecule has 2 aromatic carbocycles. The van der Waals surface area contributed by atoms with E-state index >= 15 is 0 Å². The maximum absolute atomic E-state index is 9.29. The van der Waals surface area contributed by atoms with Crippen molar-refractivity contribution in [3.8, 4) is 17.2 Å². The van der Waals surface area contributed by atoms with Gasteiger partial charge in [-0.2, -0.15) is 5.26 Å². The molecule has 0 radical (unpaired) electrons. The Morgan fingerprint density at radius 2 is 1.83 bits per heavy atom. The second kappa shape index (κ2) is 7.22. The minimum Gasteiger partial charge on any atom is -0.379 e. The monoisotopic (exact) mass is 401 g/mol. The molecule has 3 nitrogen and oxygen atoms in total. The molecular weight excluding hydrogens is 374 g/mol. The summed E-state index contributed by atoms with van der Waals surface area (Å²) in [5, 5.41) is 10.0. The van der Waals surface area contributed by atoms with Crippen LogP contribution in [0.4, 0.5) is 0 Å². The third-order valence-electron chi connectivity index (χ3n) is 7.17. The van der Waals surface area contributed by atoms with E-state index in [9.17, 15) is 5.26 Å². The molecule has 4 heteroatoms. The summed E-state index contributed by atoms with van der Waals surface area (Å²) in [6.45, 7) is 0. The smallest absolute Gasteiger partial charge is 0.154 e. The summed E-state index contributed by atoms with van der Waals surface area (Å²) in [6.07, 6.45) is 10.1. The molecule has 1 unspecified atom stereocenters. The second-order valence-corrected chi connectivity index (χ2v) is 10.2. The van der Waals surface area contributed by atoms with Crippen molar-refractivity contribution in [3.05, 3.63) is 59.2 Å². The summed E-state index contributed by atoms with van der Waals surface area (Å²) in [4.78, 5) is 5.14. The molecule has 2 N–H and O–H groups in total. The normalized spacial score (nSPS) is 25.3. The zero-order valence-corrected chi connectivity index (χ0v) is 17.6. The van der Waals surface area contributed by atoms with Gasteiger partial charge in [-0.1, -0.05) is 55.3 Å². The summed E-state index contributed by atoms with van der Waals surface area (Å²) >= 11 is 1.69. The predicted octanol–water partition coefficient (Wildman–Crippen LogP) is 5.77. The van der Waals surface area contributed by atoms with Crippen LogP contribution < -0.4 is 5.73 Å². The van der Waals surface area contributed by atoms with Crippen molar-refractivity contribution < 1.29 is 0 Å². The number of benzene rings is 2. The van der Waals surface area contributed by atoms with Crippen LogP contribution in [0.1, 0.15) is 61.6 Å². The Kier molecular flexibility index (Phi) is 4.67. The van der Waals surface area contributed by atoms with E-state index in [2.05, 4.69) is 30.3 Å². The first-order chi connectivity index (χ1) is 14.1. The van der Waals surface area contributed by atoms with Crippen LogP contribution in [0.25, 0.3) is 11.1 Å². The maximum atomic E-state index is 9.29. The molecule has 2 spiro atoms. The Bertz CT molecular complexity index is 1010. The Morgan fingerprint density at radius 3 is 2.62 bits per heavy atom. The Labute approximate surface area is 177 Å². The summed E-state index contributed by atoms with van der Waals surface area (Å²) < 4.78 is 0. The zero-order chi connectivity index (χ0) is 19.9. The van der Waals surface area contributed by atoms with Gasteiger partial charge in [0.15, 0.2) is 5.17 Å². The third kappa shape index (κ3) is 3.36. The van der Waals surface area contributed by atoms with Crippen LogP contribution in [0.3, 0.4) is 0 Å². The Balaban J connectivity index is 1.64. The molecule has 2 aromatic rings. The van der Waals surface area contributed by atoms with Crippen LogP contribution in [-0.2, 0) is 12.0 Å². The van der Waals surface area contributed by atoms with E-state index in [1.807, 2.05) is 18.2 Å². The fourth-order valence-electron chi connectivity index (χ4n) is 5.90. The number of fused-ring (bicyclic) bond motifs is 2. The SMILES string of the molecule is N#Cc1cccc(-c2ccc3c(c2)C2(CCSC(N)=N2)CC2(CCCCC2)C3)c1. The average Bonchev–Trinajstić information content (AvgIpc) is 2.74. The lowest BCUT2D eigenvalue weighted by Gasteiger charge is -2.50. The first-order valence-electron chi connectivity index (χ1n) is 10.7. The van der Waals surface area contributed by atoms with Gasteiger partial charge < -0.3 is 5.73 Å². The van der Waals surface area contributed by atoms with Crippen LogP contribution in [0.15, 0.2) is 47.5 Å². The molecule has 1 fully saturated rings. The molecule has 2 aliphatic carbocycles. The van der Waals surface area contributed by atoms with Crippen LogP contribution in [0.2, 0.25) is 0 Å². The fraction of sp³-hybridized carbons (Fsp3) is 0.440. The highest BCUT2D eigenvalue weighted by Crippen LogP contribution is 2.56. The number of thioether (sulfide) groups is 1. The van der Waals surface area contributed by atoms with Gasteiger partial charge >= 0.3 is 0 Å². The molecule has 0 saturated heterocycles. The Hall–Kier alpha value is -2.25. The second-order valence-electron chi connectivity index (χ2n) is 9.06. The third-order valence-corrected chi connectivity index (χ3v) is 7.97. The summed E-state index contributed by atoms with van der Waals surface area (Å²) in [5.41, 5.74) is 12.3. The number of hydrogen-bond acceptors (Lipinski definition) is 4. The van der Waals surface area contributed by atoms with Gasteiger partial charge in [-0.25, -0.2) is 0 Å². The van der Waals surface area contributed by atoms with E-state index in [1.165, 1.54) is 55.2 Å². The van der Waals surface area contributed by atoms with Gasteiger partial charge in [0.05, 0.1) is 17.2 Å². The van der Waals surface area contributed by atoms with E-state index in [1.54, 1.807) is 11.8 Å². The number of nitrogens with zero attached hydrogens (tertiary/aromatic N) is 2. The first kappa shape index (κ1) is 18.8. The molecule has 0 aromatic heterocycles. The van der Waals surface area contributed by atoms with Gasteiger partial charge in [0.2, 0.25) is 0 Å². The molecular formula is C25H27N3S. The number of amidine groups is 1. The molecule has 29 heavy (non-hydrogen) atoms. The highest BCUT2D eigenvalue weighted by atomic mass is 32.2. The molecule has 0 amide bonds. The molecule has 148 valence electrons. The number of nitrogens with two attached hydrogens (primary N) is 1. The van der Waals surface area contributed by atoms with Gasteiger partial charge in [-0.15, -0.1) is 0 Å². The maximum Gasteiger partial charge on any atom is 0.154 e. The fourth-order valence-corrected chi connectivity index (χ4v) is 6.78. The van der Waals surface area contributed by atoms with Gasteiger partial charge in [0.1, 0.15) is 0 Å². The Morgan fingerprint density at radius 1 is 1.00 bits per heavy atom. The van der Waals surface area contributed by atoms with E-state index in [4.69, 9.17) is 10.7 Å². The van der Waals surface area contributed by atoms with E-state index in [0.717, 1.165) is 29.3 Å². The van der Waals surface area contributed by atoms with Crippen LogP contribution in [-0.4, -0.2) is 10.9 Å². The number of rotatable bonds is 1. The number of hydrogen-bond donors (Lipinski definition) is 1. The van der Waals surface area contributed by atoms with Crippen molar-refractivity contribution in [2.75, 3.05) is 5.75 Å². The highest BCUT2D eigenvalue weighted by molar-refractivity contribution is 8.13. The van der Waals surface area contributed by atoms with Gasteiger partial charge in [0.25, 0.3) is 0 Å². The molecule has 3 aliphatic rings. The summed E-state index contributed by atoms with van der Waals surface area (Å²) in [5.74, 6) is 1.04. The van der Waals surface area contributed by atoms with E-state index < -0.39 is 0 Å². The van der Waals surface area contributed by atoms with Gasteiger partial charge in [-0.3, -0.25) is 4.99 Å². The molecule has 1 aliphatic heterocycles. The predicted molar refractivity (Wildman–Crippen MR) is 121 cm³/mol. The summed E-state index contributed by atoms with van der Waals surface area (Å²) in [6, 6.07) is 17.1. The lowest BCUT2D eigenvalue weighted by atomic mass is 9.57. The standard InChI is InChI=1S/C25H27N3S/c26-16-18-5-4-6-19(13-18)20-7-8-21-15-24(9-2-1-3-10-24)17-25(22(21)14-20)11-12-29-23(27)28-25/h4-8,13-14H,1-3,9-12,15,17H2,(H2,27,28). The van der Waals surface area contributed by atoms with Crippen molar-refractivity contribution >= 4 is 16.9 Å². The van der Waals surface area contributed by atoms with Crippen molar-refractivity contribution in [1.82, 2.24) is 0 Å². The minimum atomic E-state index is -0.177. The van der Waals surface area contributed by atoms with Crippen molar-refractivity contribution in [1.29, 1.82) is 5.26 Å². The summed E-state index contributed by atoms with van der Waals surface area (Å²) in [7, 11) is 0. The van der Waals surface area contributed by atoms with Gasteiger partial charge in [0, 0.05) is 5.75 Å². The molecule has 0 bridgehead atoms. The molecule has 1 heterocycles. The first-order valence-corrected chi connectivity index (χ1v) is 11.7. The lowest BCUT2D eigenvalue weighted by molar-refractivity contribution is 0.108. The average molecular weight is 402 g/mol. The van der Waals surface area contributed by atoms with Crippen molar-refractivity contribution in [3.63, 3.8) is 0 Å². The molecule has 1 saturated carbocycles. The highest BCUT2D eigenvalue weighted by Gasteiger charge is 2.48. The molecule has 1 atom stereocenters. The van der Waals surface area contributed by atoms with Crippen molar-refractivity contribution in [2.24, 2.45) is 16.1 Å². The largest absolute Gasteiger partial charge is 0.379 e. The van der Waals surface area contributed by atoms with Crippen LogP contribution in [0, 0.1) is 16.7 Å². The van der Waals surface area contributed by atoms with E-state index in [-0.39, 0.29) is 5.54 Å².